The lowest BCUT2D eigenvalue weighted by atomic mass is 10.1. The molecule has 1 aromatic carbocycles. The van der Waals surface area contributed by atoms with Crippen LogP contribution in [0, 0.1) is 0 Å². The molecular formula is C13H16N2O5. The van der Waals surface area contributed by atoms with E-state index < -0.39 is 24.0 Å². The molecule has 0 spiro atoms. The van der Waals surface area contributed by atoms with Gasteiger partial charge in [-0.25, -0.2) is 9.59 Å². The van der Waals surface area contributed by atoms with Crippen LogP contribution in [0.25, 0.3) is 0 Å². The van der Waals surface area contributed by atoms with E-state index in [2.05, 4.69) is 0 Å². The number of hydrogen-bond donors (Lipinski definition) is 3. The minimum atomic E-state index is -1.49. The van der Waals surface area contributed by atoms with Gasteiger partial charge in [0.25, 0.3) is 0 Å². The van der Waals surface area contributed by atoms with Gasteiger partial charge in [0, 0.05) is 6.42 Å². The van der Waals surface area contributed by atoms with Crippen molar-refractivity contribution in [2.75, 3.05) is 0 Å². The van der Waals surface area contributed by atoms with Gasteiger partial charge in [0.2, 0.25) is 5.91 Å². The molecule has 108 valence electrons. The lowest BCUT2D eigenvalue weighted by Crippen LogP contribution is -2.41. The molecule has 0 aliphatic rings. The molecule has 0 aliphatic carbocycles. The normalized spacial score (nSPS) is 12.1. The zero-order valence-corrected chi connectivity index (χ0v) is 10.7. The molecule has 0 saturated carbocycles. The number of carbonyl (C=O) groups excluding carboxylic acids is 2. The van der Waals surface area contributed by atoms with Crippen LogP contribution in [0.2, 0.25) is 1.41 Å². The van der Waals surface area contributed by atoms with E-state index >= 15 is 0 Å². The molecule has 1 rings (SSSR count). The summed E-state index contributed by atoms with van der Waals surface area (Å²) in [6.07, 6.45) is -1.58. The first-order chi connectivity index (χ1) is 9.91. The van der Waals surface area contributed by atoms with E-state index in [1.54, 1.807) is 30.3 Å². The quantitative estimate of drug-likeness (QED) is 0.677. The van der Waals surface area contributed by atoms with E-state index in [-0.39, 0.29) is 24.8 Å². The molecule has 20 heavy (non-hydrogen) atoms. The summed E-state index contributed by atoms with van der Waals surface area (Å²) in [5.74, 6) is -2.10. The molecule has 7 heteroatoms. The third kappa shape index (κ3) is 5.85. The topological polar surface area (TPSA) is 119 Å². The molecule has 2 amide bonds. The van der Waals surface area contributed by atoms with Gasteiger partial charge in [-0.2, -0.15) is 0 Å². The Balaban J connectivity index is 2.57. The van der Waals surface area contributed by atoms with Gasteiger partial charge in [-0.1, -0.05) is 30.3 Å². The number of amides is 2. The van der Waals surface area contributed by atoms with Crippen molar-refractivity contribution in [2.24, 2.45) is 5.73 Å². The van der Waals surface area contributed by atoms with Crippen LogP contribution in [0.1, 0.15) is 18.4 Å². The molecule has 0 fully saturated rings. The van der Waals surface area contributed by atoms with E-state index in [1.165, 1.54) is 0 Å². The summed E-state index contributed by atoms with van der Waals surface area (Å²) in [5, 5.41) is 9.17. The van der Waals surface area contributed by atoms with Gasteiger partial charge in [0.15, 0.2) is 1.41 Å². The van der Waals surface area contributed by atoms with Gasteiger partial charge >= 0.3 is 12.1 Å². The Morgan fingerprint density at radius 1 is 1.35 bits per heavy atom. The van der Waals surface area contributed by atoms with E-state index in [4.69, 9.17) is 17.0 Å². The minimum Gasteiger partial charge on any atom is -0.480 e. The molecule has 0 radical (unpaired) electrons. The van der Waals surface area contributed by atoms with E-state index in [9.17, 15) is 14.4 Å². The lowest BCUT2D eigenvalue weighted by Gasteiger charge is -2.13. The number of benzene rings is 1. The van der Waals surface area contributed by atoms with Crippen molar-refractivity contribution in [1.29, 1.82) is 0 Å². The van der Waals surface area contributed by atoms with Crippen LogP contribution in [-0.4, -0.2) is 29.1 Å². The van der Waals surface area contributed by atoms with E-state index in [1.807, 2.05) is 0 Å². The van der Waals surface area contributed by atoms with Crippen molar-refractivity contribution >= 4 is 18.0 Å². The molecule has 7 nitrogen and oxygen atoms in total. The van der Waals surface area contributed by atoms with Crippen molar-refractivity contribution in [3.8, 4) is 0 Å². The van der Waals surface area contributed by atoms with Gasteiger partial charge in [-0.15, -0.1) is 0 Å². The smallest absolute Gasteiger partial charge is 0.408 e. The van der Waals surface area contributed by atoms with Crippen molar-refractivity contribution < 1.29 is 25.6 Å². The predicted molar refractivity (Wildman–Crippen MR) is 69.6 cm³/mol. The Hall–Kier alpha value is -2.57. The van der Waals surface area contributed by atoms with Crippen LogP contribution < -0.4 is 11.0 Å². The highest BCUT2D eigenvalue weighted by Crippen LogP contribution is 2.02. The highest BCUT2D eigenvalue weighted by atomic mass is 16.5. The number of aliphatic carboxylic acids is 1. The Kier molecular flexibility index (Phi) is 5.39. The molecule has 0 unspecified atom stereocenters. The zero-order chi connectivity index (χ0) is 15.8. The van der Waals surface area contributed by atoms with Crippen LogP contribution in [0.5, 0.6) is 0 Å². The van der Waals surface area contributed by atoms with Crippen LogP contribution in [0.4, 0.5) is 4.79 Å². The standard InChI is InChI=1S/C13H16N2O5/c14-11(16)7-6-10(12(17)18)15-13(19)20-8-9-4-2-1-3-5-9/h1-5,10H,6-8H2,(H2,14,16)(H,15,19)(H,17,18)/t10-/m0/s1/i/hT. The fraction of sp³-hybridized carbons (Fsp3) is 0.308. The van der Waals surface area contributed by atoms with Gasteiger partial charge < -0.3 is 20.9 Å². The lowest BCUT2D eigenvalue weighted by molar-refractivity contribution is -0.139. The minimum absolute atomic E-state index is 0.0722. The fourth-order valence-corrected chi connectivity index (χ4v) is 1.41. The number of ether oxygens (including phenoxy) is 1. The first kappa shape index (κ1) is 13.9. The summed E-state index contributed by atoms with van der Waals surface area (Å²) >= 11 is 0. The number of nitrogens with one attached hydrogen (secondary N) is 1. The third-order valence-electron chi connectivity index (χ3n) is 2.42. The summed E-state index contributed by atoms with van der Waals surface area (Å²) < 4.78 is 12.3. The highest BCUT2D eigenvalue weighted by molar-refractivity contribution is 5.81. The molecule has 0 aliphatic heterocycles. The van der Waals surface area contributed by atoms with Crippen LogP contribution in [0.3, 0.4) is 0 Å². The molecule has 4 N–H and O–H groups in total. The number of hydrogen-bond acceptors (Lipinski definition) is 4. The average molecular weight is 282 g/mol. The molecule has 1 atom stereocenters. The summed E-state index contributed by atoms with van der Waals surface area (Å²) in [6.45, 7) is -0.0722. The SMILES string of the molecule is [3H]N(C(=O)OCc1ccccc1)[C@@H](CCC(N)=O)C(=O)O. The summed E-state index contributed by atoms with van der Waals surface area (Å²) in [6, 6.07) is 7.28. The summed E-state index contributed by atoms with van der Waals surface area (Å²) in [5.41, 5.74) is 5.64. The van der Waals surface area contributed by atoms with Crippen molar-refractivity contribution in [1.82, 2.24) is 5.31 Å². The molecular weight excluding hydrogens is 264 g/mol. The predicted octanol–water partition coefficient (Wildman–Crippen LogP) is 0.631. The molecule has 0 heterocycles. The number of carboxylic acid groups (broad SMARTS) is 1. The van der Waals surface area contributed by atoms with Crippen molar-refractivity contribution in [3.05, 3.63) is 35.9 Å². The van der Waals surface area contributed by atoms with Crippen LogP contribution in [0.15, 0.2) is 30.3 Å². The van der Waals surface area contributed by atoms with Gasteiger partial charge in [-0.05, 0) is 12.0 Å². The maximum atomic E-state index is 11.6. The zero-order valence-electron chi connectivity index (χ0n) is 11.7. The second-order valence-corrected chi connectivity index (χ2v) is 4.03. The number of primary amides is 1. The maximum absolute atomic E-state index is 11.6. The van der Waals surface area contributed by atoms with Gasteiger partial charge in [0.05, 0.1) is 0 Å². The number of carbonyl (C=O) groups is 3. The van der Waals surface area contributed by atoms with Crippen molar-refractivity contribution in [2.45, 2.75) is 25.5 Å². The second-order valence-electron chi connectivity index (χ2n) is 4.03. The second kappa shape index (κ2) is 7.78. The molecule has 0 bridgehead atoms. The van der Waals surface area contributed by atoms with Gasteiger partial charge in [-0.3, -0.25) is 4.79 Å². The van der Waals surface area contributed by atoms with E-state index in [0.29, 0.717) is 5.56 Å². The average Bonchev–Trinajstić information content (AvgIpc) is 2.45. The number of alkyl carbamates (subject to hydrolysis) is 1. The van der Waals surface area contributed by atoms with Crippen LogP contribution >= 0.6 is 0 Å². The summed E-state index contributed by atoms with van der Waals surface area (Å²) in [4.78, 5) is 33.3. The first-order valence-corrected chi connectivity index (χ1v) is 5.91. The first-order valence-electron chi connectivity index (χ1n) is 6.36. The number of carboxylic acids is 1. The van der Waals surface area contributed by atoms with E-state index in [0.717, 1.165) is 0 Å². The maximum Gasteiger partial charge on any atom is 0.408 e. The highest BCUT2D eigenvalue weighted by Gasteiger charge is 2.21. The summed E-state index contributed by atoms with van der Waals surface area (Å²) in [7, 11) is 0. The Morgan fingerprint density at radius 3 is 2.55 bits per heavy atom. The van der Waals surface area contributed by atoms with Gasteiger partial charge in [0.1, 0.15) is 12.6 Å². The Morgan fingerprint density at radius 2 is 2.00 bits per heavy atom. The van der Waals surface area contributed by atoms with Crippen LogP contribution in [-0.2, 0) is 20.9 Å². The Labute approximate surface area is 117 Å². The Bertz CT molecular complexity index is 509. The number of nitrogens with two attached hydrogens (primary N) is 1. The molecule has 1 aromatic rings. The molecule has 0 aromatic heterocycles. The third-order valence-corrected chi connectivity index (χ3v) is 2.42. The number of rotatable bonds is 7. The monoisotopic (exact) mass is 282 g/mol. The fourth-order valence-electron chi connectivity index (χ4n) is 1.41. The van der Waals surface area contributed by atoms with Crippen molar-refractivity contribution in [3.63, 3.8) is 0 Å². The molecule has 0 saturated heterocycles. The largest absolute Gasteiger partial charge is 0.480 e.